The molecule has 46 heavy (non-hydrogen) atoms. The number of hydrogen-bond acceptors (Lipinski definition) is 6. The summed E-state index contributed by atoms with van der Waals surface area (Å²) < 4.78 is 50.5. The predicted octanol–water partition coefficient (Wildman–Crippen LogP) is 5.74. The molecule has 1 fully saturated rings. The maximum absolute atomic E-state index is 14.2. The van der Waals surface area contributed by atoms with Crippen LogP contribution in [0.4, 0.5) is 23.7 Å². The van der Waals surface area contributed by atoms with Crippen molar-refractivity contribution in [2.75, 3.05) is 38.7 Å². The Kier molecular flexibility index (Phi) is 14.4. The zero-order valence-electron chi connectivity index (χ0n) is 27.5. The van der Waals surface area contributed by atoms with Crippen molar-refractivity contribution in [3.05, 3.63) is 23.8 Å². The number of aliphatic hydroxyl groups excluding tert-OH is 1. The Balaban J connectivity index is 1.85. The minimum atomic E-state index is -4.47. The second kappa shape index (κ2) is 17.7. The molecule has 0 aromatic heterocycles. The third kappa shape index (κ3) is 11.9. The van der Waals surface area contributed by atoms with Gasteiger partial charge < -0.3 is 35.0 Å². The van der Waals surface area contributed by atoms with Gasteiger partial charge in [0, 0.05) is 50.8 Å². The van der Waals surface area contributed by atoms with E-state index in [2.05, 4.69) is 10.6 Å². The maximum Gasteiger partial charge on any atom is 0.389 e. The number of ether oxygens (including phenoxy) is 2. The van der Waals surface area contributed by atoms with Crippen LogP contribution in [0.25, 0.3) is 0 Å². The normalized spacial score (nSPS) is 23.0. The van der Waals surface area contributed by atoms with E-state index in [-0.39, 0.29) is 54.2 Å². The number of carbonyl (C=O) groups excluding carboxylic acids is 3. The summed E-state index contributed by atoms with van der Waals surface area (Å²) >= 11 is 0. The molecule has 2 aliphatic rings. The van der Waals surface area contributed by atoms with Gasteiger partial charge in [-0.25, -0.2) is 4.79 Å². The average Bonchev–Trinajstić information content (AvgIpc) is 3.01. The van der Waals surface area contributed by atoms with Crippen LogP contribution in [0.15, 0.2) is 18.2 Å². The summed E-state index contributed by atoms with van der Waals surface area (Å²) in [5.41, 5.74) is 0.277. The minimum Gasteiger partial charge on any atom is -0.490 e. The lowest BCUT2D eigenvalue weighted by Crippen LogP contribution is -2.50. The van der Waals surface area contributed by atoms with Crippen LogP contribution in [0, 0.1) is 5.92 Å². The molecule has 260 valence electrons. The fourth-order valence-electron chi connectivity index (χ4n) is 5.83. The van der Waals surface area contributed by atoms with Crippen LogP contribution in [0.3, 0.4) is 0 Å². The van der Waals surface area contributed by atoms with Gasteiger partial charge in [-0.15, -0.1) is 0 Å². The van der Waals surface area contributed by atoms with Gasteiger partial charge in [0.15, 0.2) is 0 Å². The van der Waals surface area contributed by atoms with Gasteiger partial charge in [-0.05, 0) is 64.2 Å². The largest absolute Gasteiger partial charge is 0.490 e. The van der Waals surface area contributed by atoms with E-state index in [1.54, 1.807) is 18.9 Å². The van der Waals surface area contributed by atoms with E-state index in [1.807, 2.05) is 13.8 Å². The fourth-order valence-corrected chi connectivity index (χ4v) is 5.83. The number of likely N-dealkylation sites (N-methyl/N-ethyl adjacent to an activating group) is 1. The summed E-state index contributed by atoms with van der Waals surface area (Å²) in [6, 6.07) is 3.82. The van der Waals surface area contributed by atoms with Crippen molar-refractivity contribution in [1.29, 1.82) is 0 Å². The summed E-state index contributed by atoms with van der Waals surface area (Å²) in [7, 11) is 1.73. The van der Waals surface area contributed by atoms with Gasteiger partial charge in [-0.1, -0.05) is 26.2 Å². The van der Waals surface area contributed by atoms with Crippen LogP contribution in [-0.4, -0.2) is 96.6 Å². The molecule has 0 radical (unpaired) electrons. The molecule has 0 saturated heterocycles. The molecule has 0 unspecified atom stereocenters. The van der Waals surface area contributed by atoms with Gasteiger partial charge in [0.25, 0.3) is 5.91 Å². The van der Waals surface area contributed by atoms with Crippen molar-refractivity contribution in [2.24, 2.45) is 5.92 Å². The maximum atomic E-state index is 14.2. The van der Waals surface area contributed by atoms with Crippen molar-refractivity contribution in [3.63, 3.8) is 0 Å². The molecular weight excluding hydrogens is 605 g/mol. The van der Waals surface area contributed by atoms with Gasteiger partial charge in [0.1, 0.15) is 5.75 Å². The van der Waals surface area contributed by atoms with Crippen molar-refractivity contribution in [2.45, 2.75) is 115 Å². The number of fused-ring (bicyclic) bond motifs is 1. The molecule has 4 amide bonds. The number of nitrogens with one attached hydrogen (secondary N) is 2. The van der Waals surface area contributed by atoms with Gasteiger partial charge >= 0.3 is 12.2 Å². The van der Waals surface area contributed by atoms with Crippen LogP contribution in [0.2, 0.25) is 0 Å². The number of aliphatic hydroxyl groups is 1. The van der Waals surface area contributed by atoms with E-state index < -0.39 is 43.0 Å². The highest BCUT2D eigenvalue weighted by molar-refractivity contribution is 5.99. The summed E-state index contributed by atoms with van der Waals surface area (Å²) in [4.78, 5) is 42.6. The molecule has 1 saturated carbocycles. The smallest absolute Gasteiger partial charge is 0.389 e. The summed E-state index contributed by atoms with van der Waals surface area (Å²) in [6.07, 6.45) is 0.402. The molecule has 3 N–H and O–H groups in total. The summed E-state index contributed by atoms with van der Waals surface area (Å²) in [5.74, 6) is -1.27. The molecule has 1 aliphatic heterocycles. The molecule has 13 heteroatoms. The summed E-state index contributed by atoms with van der Waals surface area (Å²) in [6.45, 7) is 6.15. The lowest BCUT2D eigenvalue weighted by molar-refractivity contribution is -0.142. The molecule has 1 aromatic carbocycles. The Labute approximate surface area is 270 Å². The van der Waals surface area contributed by atoms with Crippen molar-refractivity contribution < 1.29 is 42.1 Å². The first-order valence-corrected chi connectivity index (χ1v) is 16.5. The van der Waals surface area contributed by atoms with Crippen molar-refractivity contribution in [1.82, 2.24) is 15.1 Å². The molecule has 0 bridgehead atoms. The highest BCUT2D eigenvalue weighted by Crippen LogP contribution is 2.29. The van der Waals surface area contributed by atoms with Gasteiger partial charge in [-0.2, -0.15) is 13.2 Å². The summed E-state index contributed by atoms with van der Waals surface area (Å²) in [5, 5.41) is 15.7. The molecule has 10 nitrogen and oxygen atoms in total. The first-order chi connectivity index (χ1) is 21.8. The Morgan fingerprint density at radius 1 is 1.11 bits per heavy atom. The Bertz CT molecular complexity index is 1150. The van der Waals surface area contributed by atoms with Crippen molar-refractivity contribution in [3.8, 4) is 5.75 Å². The average molecular weight is 657 g/mol. The lowest BCUT2D eigenvalue weighted by Gasteiger charge is -2.36. The second-order valence-corrected chi connectivity index (χ2v) is 12.8. The molecule has 1 heterocycles. The Morgan fingerprint density at radius 3 is 2.48 bits per heavy atom. The highest BCUT2D eigenvalue weighted by Gasteiger charge is 2.32. The number of nitrogens with zero attached hydrogens (tertiary/aromatic N) is 2. The Hall–Kier alpha value is -3.06. The van der Waals surface area contributed by atoms with Crippen LogP contribution in [0.1, 0.15) is 95.3 Å². The molecule has 0 spiro atoms. The SMILES string of the molecule is C[C@@H]1CN([C@H](C)CO)C(=O)c2cc(NC(=O)CCC(F)(F)F)ccc2O[C@@H](C)CCCCO[C@H]1CN(C)C(=O)NC1CCCCC1. The Morgan fingerprint density at radius 2 is 1.80 bits per heavy atom. The zero-order chi connectivity index (χ0) is 33.9. The monoisotopic (exact) mass is 656 g/mol. The van der Waals surface area contributed by atoms with E-state index in [0.29, 0.717) is 19.6 Å². The number of carbonyl (C=O) groups is 3. The van der Waals surface area contributed by atoms with E-state index in [4.69, 9.17) is 9.47 Å². The van der Waals surface area contributed by atoms with E-state index in [0.717, 1.165) is 38.5 Å². The molecule has 3 rings (SSSR count). The first-order valence-electron chi connectivity index (χ1n) is 16.5. The third-order valence-corrected chi connectivity index (χ3v) is 8.70. The van der Waals surface area contributed by atoms with Crippen LogP contribution >= 0.6 is 0 Å². The molecule has 1 aromatic rings. The van der Waals surface area contributed by atoms with Crippen LogP contribution in [0.5, 0.6) is 5.75 Å². The number of alkyl halides is 3. The van der Waals surface area contributed by atoms with Gasteiger partial charge in [0.05, 0.1) is 36.8 Å². The minimum absolute atomic E-state index is 0.117. The van der Waals surface area contributed by atoms with Crippen LogP contribution < -0.4 is 15.4 Å². The number of halogens is 3. The number of urea groups is 1. The second-order valence-electron chi connectivity index (χ2n) is 12.8. The number of rotatable bonds is 8. The van der Waals surface area contributed by atoms with E-state index in [1.165, 1.54) is 29.5 Å². The number of benzene rings is 1. The van der Waals surface area contributed by atoms with Gasteiger partial charge in [-0.3, -0.25) is 9.59 Å². The topological polar surface area (TPSA) is 120 Å². The number of amides is 4. The van der Waals surface area contributed by atoms with Gasteiger partial charge in [0.2, 0.25) is 5.91 Å². The molecule has 4 atom stereocenters. The van der Waals surface area contributed by atoms with Crippen molar-refractivity contribution >= 4 is 23.5 Å². The fraction of sp³-hybridized carbons (Fsp3) is 0.727. The first kappa shape index (κ1) is 37.4. The quantitative estimate of drug-likeness (QED) is 0.329. The van der Waals surface area contributed by atoms with E-state index >= 15 is 0 Å². The highest BCUT2D eigenvalue weighted by atomic mass is 19.4. The number of anilines is 1. The lowest BCUT2D eigenvalue weighted by atomic mass is 9.96. The molecular formula is C33H51F3N4O6. The predicted molar refractivity (Wildman–Crippen MR) is 169 cm³/mol. The molecule has 1 aliphatic carbocycles. The van der Waals surface area contributed by atoms with E-state index in [9.17, 15) is 32.7 Å². The number of hydrogen-bond donors (Lipinski definition) is 3. The standard InChI is InChI=1S/C33H51F3N4O6/c1-22-19-40(23(2)21-41)31(43)27-18-26(37-30(42)15-16-33(34,35)36)13-14-28(27)46-24(3)10-8-9-17-45-29(22)20-39(4)32(44)38-25-11-6-5-7-12-25/h13-14,18,22-25,29,41H,5-12,15-17,19-21H2,1-4H3,(H,37,42)(H,38,44)/t22-,23-,24+,29+/m1/s1. The third-order valence-electron chi connectivity index (χ3n) is 8.70. The van der Waals surface area contributed by atoms with Crippen LogP contribution in [-0.2, 0) is 9.53 Å². The zero-order valence-corrected chi connectivity index (χ0v) is 27.5.